The number of ether oxygens (including phenoxy) is 1. The summed E-state index contributed by atoms with van der Waals surface area (Å²) < 4.78 is 5.12. The van der Waals surface area contributed by atoms with E-state index in [1.54, 1.807) is 0 Å². The van der Waals surface area contributed by atoms with Crippen molar-refractivity contribution in [2.75, 3.05) is 32.8 Å². The van der Waals surface area contributed by atoms with Gasteiger partial charge in [0.15, 0.2) is 6.10 Å². The zero-order chi connectivity index (χ0) is 13.5. The second-order valence-corrected chi connectivity index (χ2v) is 3.78. The highest BCUT2D eigenvalue weighted by molar-refractivity contribution is 5.80. The predicted octanol–water partition coefficient (Wildman–Crippen LogP) is -0.0966. The van der Waals surface area contributed by atoms with Gasteiger partial charge >= 0.3 is 12.0 Å². The molecule has 0 bridgehead atoms. The summed E-state index contributed by atoms with van der Waals surface area (Å²) >= 11 is 0. The maximum atomic E-state index is 12.1. The van der Waals surface area contributed by atoms with Crippen molar-refractivity contribution in [3.05, 3.63) is 12.7 Å². The van der Waals surface area contributed by atoms with Crippen LogP contribution in [-0.2, 0) is 9.53 Å². The van der Waals surface area contributed by atoms with Gasteiger partial charge in [-0.1, -0.05) is 6.08 Å². The van der Waals surface area contributed by atoms with Crippen LogP contribution in [0.4, 0.5) is 4.79 Å². The third-order valence-electron chi connectivity index (χ3n) is 2.43. The standard InChI is InChI=1S/C11H15N3O4/c1-2-3-13(8-10(15)16)11(17)14-4-5-18-9(6-12)7-14/h2,9H,1,3-5,7-8H2,(H,15,16). The fourth-order valence-corrected chi connectivity index (χ4v) is 1.63. The summed E-state index contributed by atoms with van der Waals surface area (Å²) in [6.45, 7) is 4.03. The number of amides is 2. The van der Waals surface area contributed by atoms with E-state index in [1.807, 2.05) is 6.07 Å². The van der Waals surface area contributed by atoms with Gasteiger partial charge in [0.05, 0.1) is 19.2 Å². The number of carboxylic acids is 1. The van der Waals surface area contributed by atoms with Gasteiger partial charge in [-0.25, -0.2) is 4.79 Å². The summed E-state index contributed by atoms with van der Waals surface area (Å²) in [6, 6.07) is 1.51. The van der Waals surface area contributed by atoms with Gasteiger partial charge in [0, 0.05) is 13.1 Å². The van der Waals surface area contributed by atoms with Crippen LogP contribution < -0.4 is 0 Å². The number of morpholine rings is 1. The summed E-state index contributed by atoms with van der Waals surface area (Å²) in [6.07, 6.45) is 0.807. The average Bonchev–Trinajstić information content (AvgIpc) is 2.37. The minimum absolute atomic E-state index is 0.152. The molecule has 0 spiro atoms. The van der Waals surface area contributed by atoms with E-state index in [1.165, 1.54) is 11.0 Å². The third kappa shape index (κ3) is 3.75. The monoisotopic (exact) mass is 253 g/mol. The molecule has 2 amide bonds. The minimum Gasteiger partial charge on any atom is -0.480 e. The normalized spacial score (nSPS) is 18.8. The first-order valence-electron chi connectivity index (χ1n) is 5.46. The third-order valence-corrected chi connectivity index (χ3v) is 2.43. The molecule has 18 heavy (non-hydrogen) atoms. The lowest BCUT2D eigenvalue weighted by Gasteiger charge is -2.33. The number of carbonyl (C=O) groups is 2. The van der Waals surface area contributed by atoms with Crippen molar-refractivity contribution >= 4 is 12.0 Å². The first-order chi connectivity index (χ1) is 8.58. The molecule has 98 valence electrons. The van der Waals surface area contributed by atoms with E-state index < -0.39 is 18.1 Å². The second-order valence-electron chi connectivity index (χ2n) is 3.78. The van der Waals surface area contributed by atoms with E-state index in [9.17, 15) is 9.59 Å². The number of carboxylic acid groups (broad SMARTS) is 1. The molecule has 0 radical (unpaired) electrons. The summed E-state index contributed by atoms with van der Waals surface area (Å²) in [5.41, 5.74) is 0. The molecule has 1 saturated heterocycles. The molecular formula is C11H15N3O4. The molecule has 0 saturated carbocycles. The van der Waals surface area contributed by atoms with Crippen LogP contribution in [0, 0.1) is 11.3 Å². The number of rotatable bonds is 4. The Balaban J connectivity index is 2.66. The van der Waals surface area contributed by atoms with Crippen molar-refractivity contribution in [2.24, 2.45) is 0 Å². The first-order valence-corrected chi connectivity index (χ1v) is 5.46. The zero-order valence-electron chi connectivity index (χ0n) is 9.91. The van der Waals surface area contributed by atoms with Gasteiger partial charge in [0.25, 0.3) is 0 Å². The lowest BCUT2D eigenvalue weighted by atomic mass is 10.3. The van der Waals surface area contributed by atoms with E-state index in [-0.39, 0.29) is 26.2 Å². The Morgan fingerprint density at radius 2 is 2.39 bits per heavy atom. The highest BCUT2D eigenvalue weighted by Crippen LogP contribution is 2.08. The summed E-state index contributed by atoms with van der Waals surface area (Å²) in [7, 11) is 0. The number of nitriles is 1. The molecule has 1 aliphatic rings. The minimum atomic E-state index is -1.09. The molecular weight excluding hydrogens is 238 g/mol. The molecule has 1 fully saturated rings. The quantitative estimate of drug-likeness (QED) is 0.706. The molecule has 1 heterocycles. The van der Waals surface area contributed by atoms with Crippen LogP contribution in [0.3, 0.4) is 0 Å². The second kappa shape index (κ2) is 6.61. The fourth-order valence-electron chi connectivity index (χ4n) is 1.63. The molecule has 1 rings (SSSR count). The van der Waals surface area contributed by atoms with Crippen molar-refractivity contribution in [1.29, 1.82) is 5.26 Å². The van der Waals surface area contributed by atoms with Crippen LogP contribution in [0.1, 0.15) is 0 Å². The van der Waals surface area contributed by atoms with E-state index in [0.717, 1.165) is 4.90 Å². The molecule has 1 unspecified atom stereocenters. The van der Waals surface area contributed by atoms with E-state index in [2.05, 4.69) is 6.58 Å². The highest BCUT2D eigenvalue weighted by atomic mass is 16.5. The Morgan fingerprint density at radius 3 is 2.94 bits per heavy atom. The number of urea groups is 1. The zero-order valence-corrected chi connectivity index (χ0v) is 9.91. The molecule has 1 aliphatic heterocycles. The van der Waals surface area contributed by atoms with Crippen LogP contribution >= 0.6 is 0 Å². The molecule has 7 heteroatoms. The molecule has 0 aromatic heterocycles. The van der Waals surface area contributed by atoms with Crippen LogP contribution in [0.2, 0.25) is 0 Å². The first kappa shape index (κ1) is 14.0. The summed E-state index contributed by atoms with van der Waals surface area (Å²) in [4.78, 5) is 25.3. The van der Waals surface area contributed by atoms with Gasteiger partial charge < -0.3 is 19.6 Å². The smallest absolute Gasteiger partial charge is 0.323 e. The van der Waals surface area contributed by atoms with Gasteiger partial charge in [-0.3, -0.25) is 4.79 Å². The van der Waals surface area contributed by atoms with Crippen LogP contribution in [0.15, 0.2) is 12.7 Å². The largest absolute Gasteiger partial charge is 0.480 e. The van der Waals surface area contributed by atoms with Crippen molar-refractivity contribution in [3.63, 3.8) is 0 Å². The van der Waals surface area contributed by atoms with E-state index >= 15 is 0 Å². The molecule has 0 aliphatic carbocycles. The molecule has 1 N–H and O–H groups in total. The number of aliphatic carboxylic acids is 1. The predicted molar refractivity (Wildman–Crippen MR) is 61.7 cm³/mol. The van der Waals surface area contributed by atoms with E-state index in [4.69, 9.17) is 15.1 Å². The Labute approximate surface area is 105 Å². The average molecular weight is 253 g/mol. The number of hydrogen-bond donors (Lipinski definition) is 1. The van der Waals surface area contributed by atoms with Crippen LogP contribution in [0.5, 0.6) is 0 Å². The van der Waals surface area contributed by atoms with Crippen molar-refractivity contribution in [2.45, 2.75) is 6.10 Å². The topological polar surface area (TPSA) is 93.9 Å². The summed E-state index contributed by atoms with van der Waals surface area (Å²) in [5.74, 6) is -1.09. The Hall–Kier alpha value is -2.07. The van der Waals surface area contributed by atoms with Gasteiger partial charge in [0.1, 0.15) is 6.54 Å². The molecule has 1 atom stereocenters. The number of hydrogen-bond acceptors (Lipinski definition) is 4. The highest BCUT2D eigenvalue weighted by Gasteiger charge is 2.27. The van der Waals surface area contributed by atoms with Crippen molar-refractivity contribution in [1.82, 2.24) is 9.80 Å². The van der Waals surface area contributed by atoms with Gasteiger partial charge in [-0.15, -0.1) is 6.58 Å². The Kier molecular flexibility index (Phi) is 5.14. The maximum Gasteiger partial charge on any atom is 0.323 e. The van der Waals surface area contributed by atoms with Crippen molar-refractivity contribution in [3.8, 4) is 6.07 Å². The van der Waals surface area contributed by atoms with Gasteiger partial charge in [0.2, 0.25) is 0 Å². The van der Waals surface area contributed by atoms with Gasteiger partial charge in [-0.2, -0.15) is 5.26 Å². The fraction of sp³-hybridized carbons (Fsp3) is 0.545. The molecule has 0 aromatic rings. The van der Waals surface area contributed by atoms with Gasteiger partial charge in [-0.05, 0) is 0 Å². The van der Waals surface area contributed by atoms with Crippen molar-refractivity contribution < 1.29 is 19.4 Å². The number of carbonyl (C=O) groups excluding carboxylic acids is 1. The lowest BCUT2D eigenvalue weighted by molar-refractivity contribution is -0.137. The Bertz CT molecular complexity index is 377. The summed E-state index contributed by atoms with van der Waals surface area (Å²) in [5, 5.41) is 17.5. The lowest BCUT2D eigenvalue weighted by Crippen LogP contribution is -2.51. The van der Waals surface area contributed by atoms with E-state index in [0.29, 0.717) is 6.54 Å². The van der Waals surface area contributed by atoms with Crippen LogP contribution in [-0.4, -0.2) is 65.8 Å². The van der Waals surface area contributed by atoms with Crippen LogP contribution in [0.25, 0.3) is 0 Å². The molecule has 7 nitrogen and oxygen atoms in total. The maximum absolute atomic E-state index is 12.1. The SMILES string of the molecule is C=CCN(CC(=O)O)C(=O)N1CCOC(C#N)C1. The molecule has 0 aromatic carbocycles. The Morgan fingerprint density at radius 1 is 1.67 bits per heavy atom. The number of nitrogens with zero attached hydrogens (tertiary/aromatic N) is 3.